The van der Waals surface area contributed by atoms with Gasteiger partial charge in [-0.2, -0.15) is 0 Å². The van der Waals surface area contributed by atoms with E-state index in [1.807, 2.05) is 24.3 Å². The van der Waals surface area contributed by atoms with E-state index in [1.54, 1.807) is 0 Å². The van der Waals surface area contributed by atoms with Crippen LogP contribution in [-0.2, 0) is 14.4 Å². The van der Waals surface area contributed by atoms with Gasteiger partial charge in [0, 0.05) is 5.41 Å². The Kier molecular flexibility index (Phi) is 5.64. The third kappa shape index (κ3) is 4.43. The molecule has 31 heavy (non-hydrogen) atoms. The van der Waals surface area contributed by atoms with E-state index in [-0.39, 0.29) is 29.5 Å². The number of carbonyl (C=O) groups is 3. The summed E-state index contributed by atoms with van der Waals surface area (Å²) in [4.78, 5) is 41.5. The van der Waals surface area contributed by atoms with E-state index in [1.165, 1.54) is 42.4 Å². The summed E-state index contributed by atoms with van der Waals surface area (Å²) in [5, 5.41) is 2.82. The van der Waals surface area contributed by atoms with E-state index in [2.05, 4.69) is 21.2 Å². The van der Waals surface area contributed by atoms with Crippen LogP contribution in [0, 0.1) is 23.2 Å². The molecular formula is C22H26N4O3S2. The van der Waals surface area contributed by atoms with Crippen LogP contribution >= 0.6 is 23.1 Å². The van der Waals surface area contributed by atoms with E-state index < -0.39 is 5.91 Å². The van der Waals surface area contributed by atoms with Crippen molar-refractivity contribution in [2.75, 3.05) is 12.3 Å². The summed E-state index contributed by atoms with van der Waals surface area (Å²) < 4.78 is 1.89. The second kappa shape index (κ2) is 8.43. The molecule has 0 unspecified atom stereocenters. The highest BCUT2D eigenvalue weighted by molar-refractivity contribution is 8.01. The zero-order chi connectivity index (χ0) is 21.4. The Labute approximate surface area is 189 Å². The minimum Gasteiger partial charge on any atom is -0.346 e. The van der Waals surface area contributed by atoms with E-state index >= 15 is 0 Å². The first-order valence-corrected chi connectivity index (χ1v) is 12.6. The molecule has 4 fully saturated rings. The van der Waals surface area contributed by atoms with Crippen LogP contribution < -0.4 is 16.2 Å². The topological polar surface area (TPSA) is 100 Å². The molecule has 0 aliphatic heterocycles. The second-order valence-corrected chi connectivity index (χ2v) is 11.5. The Morgan fingerprint density at radius 2 is 1.65 bits per heavy atom. The van der Waals surface area contributed by atoms with Gasteiger partial charge in [0.1, 0.15) is 0 Å². The molecule has 0 atom stereocenters. The van der Waals surface area contributed by atoms with Gasteiger partial charge in [-0.3, -0.25) is 25.2 Å². The number of rotatable bonds is 6. The van der Waals surface area contributed by atoms with E-state index in [0.717, 1.165) is 33.8 Å². The lowest BCUT2D eigenvalue weighted by Crippen LogP contribution is -2.55. The fourth-order valence-electron chi connectivity index (χ4n) is 6.00. The van der Waals surface area contributed by atoms with Gasteiger partial charge >= 0.3 is 0 Å². The third-order valence-electron chi connectivity index (χ3n) is 6.87. The second-order valence-electron chi connectivity index (χ2n) is 9.21. The number of para-hydroxylation sites is 1. The lowest BCUT2D eigenvalue weighted by Gasteiger charge is -2.55. The molecule has 7 nitrogen and oxygen atoms in total. The number of nitrogens with zero attached hydrogens (tertiary/aromatic N) is 1. The fourth-order valence-corrected chi connectivity index (χ4v) is 7.87. The SMILES string of the molecule is O=C(CNC(=O)C12CC3CC(CC(C3)C1)C2)NNC(=O)CSc1nc2ccccc2s1. The Hall–Kier alpha value is -2.13. The minimum atomic E-state index is -0.420. The summed E-state index contributed by atoms with van der Waals surface area (Å²) in [6.45, 7) is -0.119. The molecule has 4 saturated carbocycles. The highest BCUT2D eigenvalue weighted by Crippen LogP contribution is 2.60. The van der Waals surface area contributed by atoms with Crippen molar-refractivity contribution in [1.82, 2.24) is 21.2 Å². The Balaban J connectivity index is 1.04. The number of nitrogens with one attached hydrogen (secondary N) is 3. The van der Waals surface area contributed by atoms with Crippen LogP contribution in [0.25, 0.3) is 10.2 Å². The van der Waals surface area contributed by atoms with Gasteiger partial charge in [-0.1, -0.05) is 23.9 Å². The lowest BCUT2D eigenvalue weighted by atomic mass is 9.49. The van der Waals surface area contributed by atoms with Gasteiger partial charge in [0.25, 0.3) is 5.91 Å². The van der Waals surface area contributed by atoms with Crippen LogP contribution in [0.3, 0.4) is 0 Å². The maximum Gasteiger partial charge on any atom is 0.257 e. The van der Waals surface area contributed by atoms with Crippen molar-refractivity contribution in [3.05, 3.63) is 24.3 Å². The monoisotopic (exact) mass is 458 g/mol. The van der Waals surface area contributed by atoms with Crippen molar-refractivity contribution in [1.29, 1.82) is 0 Å². The first-order valence-electron chi connectivity index (χ1n) is 10.8. The van der Waals surface area contributed by atoms with Crippen LogP contribution in [-0.4, -0.2) is 35.0 Å². The predicted octanol–water partition coefficient (Wildman–Crippen LogP) is 2.87. The first kappa shape index (κ1) is 20.8. The minimum absolute atomic E-state index is 0.0134. The number of thiazole rings is 1. The Morgan fingerprint density at radius 3 is 2.32 bits per heavy atom. The molecule has 1 aromatic carbocycles. The maximum atomic E-state index is 12.9. The van der Waals surface area contributed by atoms with Gasteiger partial charge < -0.3 is 5.32 Å². The number of benzene rings is 1. The van der Waals surface area contributed by atoms with Crippen LogP contribution in [0.15, 0.2) is 28.6 Å². The maximum absolute atomic E-state index is 12.9. The van der Waals surface area contributed by atoms with E-state index in [9.17, 15) is 14.4 Å². The number of hydrogen-bond acceptors (Lipinski definition) is 6. The highest BCUT2D eigenvalue weighted by atomic mass is 32.2. The molecule has 4 bridgehead atoms. The van der Waals surface area contributed by atoms with Crippen molar-refractivity contribution in [3.8, 4) is 0 Å². The zero-order valence-electron chi connectivity index (χ0n) is 17.2. The van der Waals surface area contributed by atoms with Crippen LogP contribution in [0.4, 0.5) is 0 Å². The van der Waals surface area contributed by atoms with Gasteiger partial charge in [0.15, 0.2) is 4.34 Å². The molecule has 2 aromatic rings. The van der Waals surface area contributed by atoms with Gasteiger partial charge in [-0.05, 0) is 68.4 Å². The van der Waals surface area contributed by atoms with Crippen LogP contribution in [0.5, 0.6) is 0 Å². The summed E-state index contributed by atoms with van der Waals surface area (Å²) in [7, 11) is 0. The fraction of sp³-hybridized carbons (Fsp3) is 0.545. The molecule has 0 radical (unpaired) electrons. The number of aromatic nitrogens is 1. The van der Waals surface area contributed by atoms with Crippen molar-refractivity contribution < 1.29 is 14.4 Å². The number of carbonyl (C=O) groups excluding carboxylic acids is 3. The largest absolute Gasteiger partial charge is 0.346 e. The average Bonchev–Trinajstić information content (AvgIpc) is 3.16. The van der Waals surface area contributed by atoms with E-state index in [4.69, 9.17) is 0 Å². The van der Waals surface area contributed by atoms with Gasteiger partial charge in [-0.15, -0.1) is 11.3 Å². The molecule has 0 saturated heterocycles. The lowest BCUT2D eigenvalue weighted by molar-refractivity contribution is -0.147. The van der Waals surface area contributed by atoms with Crippen molar-refractivity contribution >= 4 is 51.0 Å². The number of amides is 3. The quantitative estimate of drug-likeness (QED) is 0.457. The highest BCUT2D eigenvalue weighted by Gasteiger charge is 2.54. The zero-order valence-corrected chi connectivity index (χ0v) is 18.8. The summed E-state index contributed by atoms with van der Waals surface area (Å²) in [5.41, 5.74) is 5.45. The molecule has 0 spiro atoms. The Bertz CT molecular complexity index is 953. The van der Waals surface area contributed by atoms with Gasteiger partial charge in [-0.25, -0.2) is 4.98 Å². The van der Waals surface area contributed by atoms with Crippen LogP contribution in [0.2, 0.25) is 0 Å². The molecule has 4 aliphatic rings. The van der Waals surface area contributed by atoms with Crippen LogP contribution in [0.1, 0.15) is 38.5 Å². The number of thioether (sulfide) groups is 1. The summed E-state index contributed by atoms with van der Waals surface area (Å²) in [5.74, 6) is 1.47. The Morgan fingerprint density at radius 1 is 1.00 bits per heavy atom. The number of hydrogen-bond donors (Lipinski definition) is 3. The molecule has 1 heterocycles. The molecule has 3 amide bonds. The molecular weight excluding hydrogens is 432 g/mol. The summed E-state index contributed by atoms with van der Waals surface area (Å²) >= 11 is 2.87. The van der Waals surface area contributed by atoms with Gasteiger partial charge in [0.05, 0.1) is 22.5 Å². The smallest absolute Gasteiger partial charge is 0.257 e. The van der Waals surface area contributed by atoms with Crippen molar-refractivity contribution in [3.63, 3.8) is 0 Å². The van der Waals surface area contributed by atoms with Crippen molar-refractivity contribution in [2.45, 2.75) is 42.9 Å². The summed E-state index contributed by atoms with van der Waals surface area (Å²) in [6, 6.07) is 7.82. The average molecular weight is 459 g/mol. The molecule has 164 valence electrons. The normalized spacial score (nSPS) is 28.5. The first-order chi connectivity index (χ1) is 15.0. The summed E-state index contributed by atoms with van der Waals surface area (Å²) in [6.07, 6.45) is 6.71. The molecule has 6 rings (SSSR count). The van der Waals surface area contributed by atoms with Crippen molar-refractivity contribution in [2.24, 2.45) is 23.2 Å². The third-order valence-corrected chi connectivity index (χ3v) is 9.05. The predicted molar refractivity (Wildman–Crippen MR) is 120 cm³/mol. The molecule has 1 aromatic heterocycles. The number of fused-ring (bicyclic) bond motifs is 1. The molecule has 9 heteroatoms. The van der Waals surface area contributed by atoms with E-state index in [0.29, 0.717) is 17.8 Å². The molecule has 3 N–H and O–H groups in total. The number of hydrazine groups is 1. The molecule has 4 aliphatic carbocycles. The van der Waals surface area contributed by atoms with Gasteiger partial charge in [0.2, 0.25) is 11.8 Å². The standard InChI is InChI=1S/C22H26N4O3S2/c27-18(11-23-20(29)22-8-13-5-14(9-22)7-15(6-13)10-22)25-26-19(28)12-30-21-24-16-3-1-2-4-17(16)31-21/h1-4,13-15H,5-12H2,(H,23,29)(H,25,27)(H,26,28).